The average Bonchev–Trinajstić information content (AvgIpc) is 2.29. The normalized spacial score (nSPS) is 11.9. The van der Waals surface area contributed by atoms with E-state index in [4.69, 9.17) is 13.0 Å². The standard InChI is InChI=1S/C10H9BrN.CHF3O3S/c1-12-7-9-5-3-2-4-8(9)6-10(12)11;2-1(3,4)8(5,6)7/h2-7H,1H3;(H,5,6,7)/q+1;/p-1. The lowest BCUT2D eigenvalue weighted by atomic mass is 10.2. The first-order valence-corrected chi connectivity index (χ1v) is 7.28. The number of fused-ring (bicyclic) bond motifs is 1. The largest absolute Gasteiger partial charge is 0.741 e. The van der Waals surface area contributed by atoms with Crippen molar-refractivity contribution in [2.24, 2.45) is 7.05 Å². The molecule has 1 heterocycles. The van der Waals surface area contributed by atoms with E-state index in [0.717, 1.165) is 4.60 Å². The summed E-state index contributed by atoms with van der Waals surface area (Å²) >= 11 is 3.48. The molecule has 0 aliphatic rings. The summed E-state index contributed by atoms with van der Waals surface area (Å²) in [6.07, 6.45) is 2.11. The summed E-state index contributed by atoms with van der Waals surface area (Å²) in [5, 5.41) is 2.53. The van der Waals surface area contributed by atoms with Crippen LogP contribution in [0.25, 0.3) is 10.8 Å². The molecule has 2 rings (SSSR count). The lowest BCUT2D eigenvalue weighted by molar-refractivity contribution is -0.681. The molecule has 0 unspecified atom stereocenters. The molecule has 9 heteroatoms. The van der Waals surface area contributed by atoms with Crippen LogP contribution in [0.15, 0.2) is 41.1 Å². The van der Waals surface area contributed by atoms with E-state index in [2.05, 4.69) is 57.0 Å². The Morgan fingerprint density at radius 2 is 1.65 bits per heavy atom. The zero-order chi connectivity index (χ0) is 15.6. The minimum atomic E-state index is -6.09. The number of halogens is 4. The third kappa shape index (κ3) is 4.43. The summed E-state index contributed by atoms with van der Waals surface area (Å²) < 4.78 is 62.1. The predicted octanol–water partition coefficient (Wildman–Crippen LogP) is 2.48. The molecule has 110 valence electrons. The van der Waals surface area contributed by atoms with Crippen molar-refractivity contribution in [2.45, 2.75) is 5.51 Å². The summed E-state index contributed by atoms with van der Waals surface area (Å²) in [5.41, 5.74) is -5.65. The molecule has 0 bridgehead atoms. The lowest BCUT2D eigenvalue weighted by Gasteiger charge is -2.08. The fourth-order valence-corrected chi connectivity index (χ4v) is 1.61. The Hall–Kier alpha value is -1.19. The quantitative estimate of drug-likeness (QED) is 0.309. The van der Waals surface area contributed by atoms with Crippen molar-refractivity contribution in [3.05, 3.63) is 41.1 Å². The van der Waals surface area contributed by atoms with Crippen molar-refractivity contribution in [1.82, 2.24) is 0 Å². The highest BCUT2D eigenvalue weighted by Gasteiger charge is 2.36. The minimum absolute atomic E-state index is 1.10. The van der Waals surface area contributed by atoms with Crippen molar-refractivity contribution in [3.63, 3.8) is 0 Å². The number of hydrogen-bond donors (Lipinski definition) is 0. The molecule has 1 aromatic heterocycles. The number of benzene rings is 1. The van der Waals surface area contributed by atoms with Crippen LogP contribution in [0, 0.1) is 0 Å². The van der Waals surface area contributed by atoms with E-state index < -0.39 is 15.6 Å². The van der Waals surface area contributed by atoms with Crippen LogP contribution in [0.3, 0.4) is 0 Å². The van der Waals surface area contributed by atoms with Crippen LogP contribution in [-0.4, -0.2) is 18.5 Å². The highest BCUT2D eigenvalue weighted by molar-refractivity contribution is 9.10. The predicted molar refractivity (Wildman–Crippen MR) is 68.6 cm³/mol. The van der Waals surface area contributed by atoms with E-state index >= 15 is 0 Å². The molecule has 0 saturated carbocycles. The molecule has 0 radical (unpaired) electrons. The fraction of sp³-hybridized carbons (Fsp3) is 0.182. The molecule has 0 saturated heterocycles. The van der Waals surface area contributed by atoms with Crippen LogP contribution in [0.5, 0.6) is 0 Å². The Kier molecular flexibility index (Phi) is 5.11. The summed E-state index contributed by atoms with van der Waals surface area (Å²) in [6.45, 7) is 0. The maximum absolute atomic E-state index is 10.7. The van der Waals surface area contributed by atoms with Gasteiger partial charge in [0.05, 0.1) is 0 Å². The smallest absolute Gasteiger partial charge is 0.485 e. The van der Waals surface area contributed by atoms with Crippen LogP contribution >= 0.6 is 15.9 Å². The van der Waals surface area contributed by atoms with E-state index in [0.29, 0.717) is 0 Å². The molecule has 0 aliphatic carbocycles. The van der Waals surface area contributed by atoms with Crippen LogP contribution in [0.4, 0.5) is 13.2 Å². The average molecular weight is 372 g/mol. The van der Waals surface area contributed by atoms with Crippen LogP contribution in [0.2, 0.25) is 0 Å². The van der Waals surface area contributed by atoms with Gasteiger partial charge < -0.3 is 4.55 Å². The van der Waals surface area contributed by atoms with Crippen LogP contribution in [-0.2, 0) is 17.2 Å². The van der Waals surface area contributed by atoms with E-state index in [-0.39, 0.29) is 0 Å². The van der Waals surface area contributed by atoms with Gasteiger partial charge in [-0.2, -0.15) is 17.7 Å². The third-order valence-corrected chi connectivity index (χ3v) is 3.58. The summed E-state index contributed by atoms with van der Waals surface area (Å²) in [4.78, 5) is 0. The molecule has 20 heavy (non-hydrogen) atoms. The topological polar surface area (TPSA) is 61.1 Å². The first kappa shape index (κ1) is 16.9. The van der Waals surface area contributed by atoms with Gasteiger partial charge >= 0.3 is 5.51 Å². The molecule has 0 atom stereocenters. The molecule has 0 spiro atoms. The molecule has 1 aromatic carbocycles. The number of alkyl halides is 3. The van der Waals surface area contributed by atoms with Gasteiger partial charge in [-0.05, 0) is 11.5 Å². The molecule has 2 aromatic rings. The van der Waals surface area contributed by atoms with Gasteiger partial charge in [-0.3, -0.25) is 0 Å². The molecule has 4 nitrogen and oxygen atoms in total. The Balaban J connectivity index is 0.000000221. The number of aryl methyl sites for hydroxylation is 1. The molecular formula is C11H9BrF3NO3S. The van der Waals surface area contributed by atoms with Crippen LogP contribution in [0.1, 0.15) is 0 Å². The SMILES string of the molecule is C[n+]1cc2ccccc2cc1Br.O=S(=O)([O-])C(F)(F)F. The molecule has 0 fully saturated rings. The number of nitrogens with zero attached hydrogens (tertiary/aromatic N) is 1. The highest BCUT2D eigenvalue weighted by Crippen LogP contribution is 2.20. The monoisotopic (exact) mass is 371 g/mol. The van der Waals surface area contributed by atoms with Crippen molar-refractivity contribution in [2.75, 3.05) is 0 Å². The van der Waals surface area contributed by atoms with Gasteiger partial charge in [0.2, 0.25) is 4.60 Å². The van der Waals surface area contributed by atoms with Crippen LogP contribution < -0.4 is 4.57 Å². The Morgan fingerprint density at radius 3 is 2.10 bits per heavy atom. The van der Waals surface area contributed by atoms with Gasteiger partial charge in [0, 0.05) is 27.4 Å². The second kappa shape index (κ2) is 6.06. The molecular weight excluding hydrogens is 363 g/mol. The summed E-state index contributed by atoms with van der Waals surface area (Å²) in [7, 11) is -4.07. The van der Waals surface area contributed by atoms with E-state index in [9.17, 15) is 13.2 Å². The molecule has 0 N–H and O–H groups in total. The maximum Gasteiger partial charge on any atom is 0.485 e. The first-order valence-electron chi connectivity index (χ1n) is 5.08. The van der Waals surface area contributed by atoms with Gasteiger partial charge in [0.1, 0.15) is 7.05 Å². The third-order valence-electron chi connectivity index (χ3n) is 2.22. The molecule has 0 amide bonds. The number of aromatic nitrogens is 1. The van der Waals surface area contributed by atoms with Gasteiger partial charge in [-0.15, -0.1) is 0 Å². The second-order valence-electron chi connectivity index (χ2n) is 3.74. The van der Waals surface area contributed by atoms with Crippen molar-refractivity contribution < 1.29 is 30.7 Å². The number of hydrogen-bond acceptors (Lipinski definition) is 3. The summed E-state index contributed by atoms with van der Waals surface area (Å²) in [6, 6.07) is 10.4. The second-order valence-corrected chi connectivity index (χ2v) is 5.92. The maximum atomic E-state index is 10.7. The first-order chi connectivity index (χ1) is 9.02. The van der Waals surface area contributed by atoms with Crippen molar-refractivity contribution >= 4 is 36.8 Å². The van der Waals surface area contributed by atoms with Crippen molar-refractivity contribution in [3.8, 4) is 0 Å². The summed E-state index contributed by atoms with van der Waals surface area (Å²) in [5.74, 6) is 0. The van der Waals surface area contributed by atoms with E-state index in [1.165, 1.54) is 10.8 Å². The Morgan fingerprint density at radius 1 is 1.20 bits per heavy atom. The number of pyridine rings is 1. The minimum Gasteiger partial charge on any atom is -0.741 e. The highest BCUT2D eigenvalue weighted by atomic mass is 79.9. The van der Waals surface area contributed by atoms with E-state index in [1.54, 1.807) is 0 Å². The van der Waals surface area contributed by atoms with Gasteiger partial charge in [0.15, 0.2) is 16.3 Å². The molecule has 0 aliphatic heterocycles. The fourth-order valence-electron chi connectivity index (χ4n) is 1.26. The van der Waals surface area contributed by atoms with Gasteiger partial charge in [-0.1, -0.05) is 18.2 Å². The van der Waals surface area contributed by atoms with E-state index in [1.807, 2.05) is 7.05 Å². The lowest BCUT2D eigenvalue weighted by Crippen LogP contribution is -2.28. The van der Waals surface area contributed by atoms with Crippen molar-refractivity contribution in [1.29, 1.82) is 0 Å². The van der Waals surface area contributed by atoms with Gasteiger partial charge in [0.25, 0.3) is 0 Å². The number of rotatable bonds is 0. The van der Waals surface area contributed by atoms with Gasteiger partial charge in [-0.25, -0.2) is 8.42 Å². The Labute approximate surface area is 121 Å². The zero-order valence-electron chi connectivity index (χ0n) is 10.1. The Bertz CT molecular complexity index is 676. The zero-order valence-corrected chi connectivity index (χ0v) is 12.5.